The Morgan fingerprint density at radius 2 is 2.07 bits per heavy atom. The second-order valence-corrected chi connectivity index (χ2v) is 4.36. The summed E-state index contributed by atoms with van der Waals surface area (Å²) in [5.74, 6) is 0.839. The van der Waals surface area contributed by atoms with Gasteiger partial charge >= 0.3 is 0 Å². The smallest absolute Gasteiger partial charge is 0.0718 e. The Hall–Kier alpha value is -0.830. The maximum Gasteiger partial charge on any atom is 0.0718 e. The number of aryl methyl sites for hydroxylation is 1. The van der Waals surface area contributed by atoms with E-state index in [0.717, 1.165) is 36.6 Å². The summed E-state index contributed by atoms with van der Waals surface area (Å²) >= 11 is 0. The van der Waals surface area contributed by atoms with E-state index in [4.69, 9.17) is 0 Å². The second-order valence-electron chi connectivity index (χ2n) is 4.36. The minimum absolute atomic E-state index is 0.136. The van der Waals surface area contributed by atoms with Crippen LogP contribution in [0.15, 0.2) is 0 Å². The van der Waals surface area contributed by atoms with Gasteiger partial charge < -0.3 is 5.11 Å². The summed E-state index contributed by atoms with van der Waals surface area (Å²) in [6, 6.07) is 0. The van der Waals surface area contributed by atoms with Crippen molar-refractivity contribution in [1.29, 1.82) is 0 Å². The van der Waals surface area contributed by atoms with Crippen molar-refractivity contribution in [2.24, 2.45) is 5.92 Å². The van der Waals surface area contributed by atoms with Crippen LogP contribution >= 0.6 is 0 Å². The maximum atomic E-state index is 9.37. The Balaban J connectivity index is 2.29. The zero-order chi connectivity index (χ0) is 10.8. The molecule has 1 saturated carbocycles. The quantitative estimate of drug-likeness (QED) is 0.802. The zero-order valence-electron chi connectivity index (χ0n) is 9.66. The molecule has 3 heteroatoms. The van der Waals surface area contributed by atoms with Gasteiger partial charge in [0.1, 0.15) is 0 Å². The number of hydrogen-bond donors (Lipinski definition) is 1. The third kappa shape index (κ3) is 2.07. The topological polar surface area (TPSA) is 38.0 Å². The minimum atomic E-state index is 0.136. The summed E-state index contributed by atoms with van der Waals surface area (Å²) < 4.78 is 2.13. The normalized spacial score (nSPS) is 15.9. The summed E-state index contributed by atoms with van der Waals surface area (Å²) in [7, 11) is 0. The summed E-state index contributed by atoms with van der Waals surface area (Å²) in [6.07, 6.45) is 4.58. The van der Waals surface area contributed by atoms with Crippen LogP contribution in [-0.4, -0.2) is 14.9 Å². The molecule has 0 aliphatic heterocycles. The van der Waals surface area contributed by atoms with Gasteiger partial charge in [-0.25, -0.2) is 0 Å². The Kier molecular flexibility index (Phi) is 3.10. The van der Waals surface area contributed by atoms with Crippen LogP contribution in [0.2, 0.25) is 0 Å². The van der Waals surface area contributed by atoms with Gasteiger partial charge in [-0.1, -0.05) is 13.8 Å². The lowest BCUT2D eigenvalue weighted by molar-refractivity contribution is 0.279. The van der Waals surface area contributed by atoms with E-state index in [1.165, 1.54) is 18.5 Å². The van der Waals surface area contributed by atoms with Gasteiger partial charge in [-0.05, 0) is 31.6 Å². The van der Waals surface area contributed by atoms with Crippen LogP contribution in [0.4, 0.5) is 0 Å². The molecule has 1 heterocycles. The predicted octanol–water partition coefficient (Wildman–Crippen LogP) is 1.91. The number of aromatic nitrogens is 2. The van der Waals surface area contributed by atoms with E-state index in [1.54, 1.807) is 0 Å². The molecule has 2 rings (SSSR count). The van der Waals surface area contributed by atoms with E-state index in [1.807, 2.05) is 0 Å². The van der Waals surface area contributed by atoms with E-state index in [-0.39, 0.29) is 6.61 Å². The van der Waals surface area contributed by atoms with E-state index in [2.05, 4.69) is 23.6 Å². The molecule has 0 unspecified atom stereocenters. The number of nitrogens with zero attached hydrogens (tertiary/aromatic N) is 2. The lowest BCUT2D eigenvalue weighted by Gasteiger charge is -2.05. The molecule has 1 aromatic heterocycles. The van der Waals surface area contributed by atoms with Crippen LogP contribution in [0, 0.1) is 5.92 Å². The molecule has 0 spiro atoms. The molecule has 0 amide bonds. The largest absolute Gasteiger partial charge is 0.392 e. The number of aliphatic hydroxyl groups excluding tert-OH is 1. The lowest BCUT2D eigenvalue weighted by Crippen LogP contribution is -2.06. The van der Waals surface area contributed by atoms with E-state index < -0.39 is 0 Å². The Morgan fingerprint density at radius 1 is 1.33 bits per heavy atom. The first-order valence-corrected chi connectivity index (χ1v) is 5.98. The van der Waals surface area contributed by atoms with Crippen molar-refractivity contribution < 1.29 is 5.11 Å². The fourth-order valence-electron chi connectivity index (χ4n) is 2.15. The first-order valence-electron chi connectivity index (χ1n) is 5.98. The standard InChI is InChI=1S/C12H20N2O/c1-3-11-10(8-15)12(4-2)14(13-11)7-9-5-6-9/h9,15H,3-8H2,1-2H3. The maximum absolute atomic E-state index is 9.37. The zero-order valence-corrected chi connectivity index (χ0v) is 9.66. The summed E-state index contributed by atoms with van der Waals surface area (Å²) in [5, 5.41) is 14.0. The Morgan fingerprint density at radius 3 is 2.53 bits per heavy atom. The van der Waals surface area contributed by atoms with E-state index >= 15 is 0 Å². The first kappa shape index (κ1) is 10.7. The highest BCUT2D eigenvalue weighted by Crippen LogP contribution is 2.31. The SMILES string of the molecule is CCc1nn(CC2CC2)c(CC)c1CO. The first-order chi connectivity index (χ1) is 7.30. The average Bonchev–Trinajstić information content (AvgIpc) is 2.98. The van der Waals surface area contributed by atoms with Gasteiger partial charge in [-0.15, -0.1) is 0 Å². The summed E-state index contributed by atoms with van der Waals surface area (Å²) in [4.78, 5) is 0. The molecule has 0 aromatic carbocycles. The fourth-order valence-corrected chi connectivity index (χ4v) is 2.15. The Labute approximate surface area is 91.1 Å². The highest BCUT2D eigenvalue weighted by molar-refractivity contribution is 5.26. The van der Waals surface area contributed by atoms with Crippen molar-refractivity contribution in [3.63, 3.8) is 0 Å². The van der Waals surface area contributed by atoms with Gasteiger partial charge in [0.2, 0.25) is 0 Å². The van der Waals surface area contributed by atoms with Gasteiger partial charge in [-0.3, -0.25) is 4.68 Å². The van der Waals surface area contributed by atoms with Crippen molar-refractivity contribution in [1.82, 2.24) is 9.78 Å². The van der Waals surface area contributed by atoms with Crippen molar-refractivity contribution in [3.05, 3.63) is 17.0 Å². The van der Waals surface area contributed by atoms with Crippen molar-refractivity contribution in [3.8, 4) is 0 Å². The van der Waals surface area contributed by atoms with Gasteiger partial charge in [0, 0.05) is 17.8 Å². The molecule has 0 saturated heterocycles. The number of hydrogen-bond acceptors (Lipinski definition) is 2. The van der Waals surface area contributed by atoms with Crippen LogP contribution in [0.25, 0.3) is 0 Å². The molecule has 3 nitrogen and oxygen atoms in total. The number of aliphatic hydroxyl groups is 1. The molecular formula is C12H20N2O. The Bertz CT molecular complexity index is 340. The van der Waals surface area contributed by atoms with Gasteiger partial charge in [0.05, 0.1) is 12.3 Å². The third-order valence-corrected chi connectivity index (χ3v) is 3.21. The van der Waals surface area contributed by atoms with Crippen LogP contribution in [0.3, 0.4) is 0 Å². The molecule has 1 fully saturated rings. The summed E-state index contributed by atoms with van der Waals surface area (Å²) in [5.41, 5.74) is 3.39. The highest BCUT2D eigenvalue weighted by atomic mass is 16.3. The molecule has 15 heavy (non-hydrogen) atoms. The molecule has 1 aliphatic carbocycles. The van der Waals surface area contributed by atoms with Crippen LogP contribution < -0.4 is 0 Å². The average molecular weight is 208 g/mol. The van der Waals surface area contributed by atoms with Crippen molar-refractivity contribution in [2.75, 3.05) is 0 Å². The van der Waals surface area contributed by atoms with Gasteiger partial charge in [0.25, 0.3) is 0 Å². The van der Waals surface area contributed by atoms with Crippen molar-refractivity contribution in [2.45, 2.75) is 52.7 Å². The third-order valence-electron chi connectivity index (χ3n) is 3.21. The van der Waals surface area contributed by atoms with Crippen molar-refractivity contribution >= 4 is 0 Å². The van der Waals surface area contributed by atoms with Crippen LogP contribution in [0.5, 0.6) is 0 Å². The van der Waals surface area contributed by atoms with Gasteiger partial charge in [-0.2, -0.15) is 5.10 Å². The van der Waals surface area contributed by atoms with Crippen LogP contribution in [-0.2, 0) is 26.0 Å². The summed E-state index contributed by atoms with van der Waals surface area (Å²) in [6.45, 7) is 5.43. The molecule has 84 valence electrons. The lowest BCUT2D eigenvalue weighted by atomic mass is 10.1. The van der Waals surface area contributed by atoms with E-state index in [9.17, 15) is 5.11 Å². The van der Waals surface area contributed by atoms with E-state index in [0.29, 0.717) is 0 Å². The van der Waals surface area contributed by atoms with Gasteiger partial charge in [0.15, 0.2) is 0 Å². The molecule has 1 N–H and O–H groups in total. The molecule has 1 aliphatic rings. The monoisotopic (exact) mass is 208 g/mol. The molecule has 0 atom stereocenters. The molecule has 1 aromatic rings. The second kappa shape index (κ2) is 4.35. The predicted molar refractivity (Wildman–Crippen MR) is 59.6 cm³/mol. The molecule has 0 radical (unpaired) electrons. The fraction of sp³-hybridized carbons (Fsp3) is 0.750. The minimum Gasteiger partial charge on any atom is -0.392 e. The molecule has 0 bridgehead atoms. The molecular weight excluding hydrogens is 188 g/mol. The van der Waals surface area contributed by atoms with Crippen LogP contribution in [0.1, 0.15) is 43.6 Å². The highest BCUT2D eigenvalue weighted by Gasteiger charge is 2.24. The number of rotatable bonds is 5.